The number of hydrogen-bond acceptors (Lipinski definition) is 3. The number of rotatable bonds is 3. The van der Waals surface area contributed by atoms with Gasteiger partial charge in [-0.15, -0.1) is 0 Å². The van der Waals surface area contributed by atoms with Gasteiger partial charge in [-0.25, -0.2) is 0 Å². The monoisotopic (exact) mass is 198 g/mol. The van der Waals surface area contributed by atoms with Crippen molar-refractivity contribution in [2.24, 2.45) is 0 Å². The van der Waals surface area contributed by atoms with Crippen molar-refractivity contribution in [3.63, 3.8) is 0 Å². The molecule has 0 bridgehead atoms. The molecule has 0 spiro atoms. The van der Waals surface area contributed by atoms with Gasteiger partial charge < -0.3 is 11.0 Å². The summed E-state index contributed by atoms with van der Waals surface area (Å²) in [5, 5.41) is 0. The number of ether oxygens (including phenoxy) is 1. The molecule has 0 saturated heterocycles. The summed E-state index contributed by atoms with van der Waals surface area (Å²) in [6.45, 7) is 2.64. The molecule has 0 aliphatic heterocycles. The predicted octanol–water partition coefficient (Wildman–Crippen LogP) is 1.05. The van der Waals surface area contributed by atoms with E-state index in [-0.39, 0.29) is 16.4 Å². The first-order valence-corrected chi connectivity index (χ1v) is 3.92. The third-order valence-corrected chi connectivity index (χ3v) is 1.44. The largest absolute Gasteiger partial charge is 0.870 e. The Bertz CT molecular complexity index is 268. The summed E-state index contributed by atoms with van der Waals surface area (Å²) in [6, 6.07) is 4.37. The maximum absolute atomic E-state index is 12.6. The molecule has 0 heterocycles. The van der Waals surface area contributed by atoms with Crippen molar-refractivity contribution >= 4 is 13.3 Å². The second-order valence-electron chi connectivity index (χ2n) is 2.53. The molecule has 0 aliphatic rings. The summed E-state index contributed by atoms with van der Waals surface area (Å²) in [5.41, 5.74) is 0.128. The van der Waals surface area contributed by atoms with E-state index in [9.17, 15) is 4.39 Å². The molecule has 76 valence electrons. The van der Waals surface area contributed by atoms with Gasteiger partial charge >= 0.3 is 72.2 Å². The van der Waals surface area contributed by atoms with Gasteiger partial charge in [0.15, 0.2) is 0 Å². The van der Waals surface area contributed by atoms with Gasteiger partial charge in [-0.05, 0) is 0 Å². The van der Waals surface area contributed by atoms with E-state index in [4.69, 9.17) is 12.6 Å². The third-order valence-electron chi connectivity index (χ3n) is 1.44. The van der Waals surface area contributed by atoms with Crippen LogP contribution in [0.15, 0.2) is 18.2 Å². The fourth-order valence-electron chi connectivity index (χ4n) is 0.832. The minimum absolute atomic E-state index is 0. The van der Waals surface area contributed by atoms with Crippen LogP contribution in [0.2, 0.25) is 0 Å². The third kappa shape index (κ3) is 4.25. The first-order chi connectivity index (χ1) is 5.74. The Morgan fingerprint density at radius 2 is 2.00 bits per heavy atom. The second kappa shape index (κ2) is 7.35. The van der Waals surface area contributed by atoms with Crippen molar-refractivity contribution in [2.75, 3.05) is 6.61 Å². The minimum atomic E-state index is -0.404. The maximum atomic E-state index is 12.6. The Labute approximate surface area is 83.9 Å². The SMILES string of the molecule is [B+2]c1cc(OCCC)ccc1F.[OH-].[OH-]. The van der Waals surface area contributed by atoms with Crippen LogP contribution in [0.1, 0.15) is 13.3 Å². The molecule has 0 fully saturated rings. The van der Waals surface area contributed by atoms with Crippen molar-refractivity contribution < 1.29 is 20.1 Å². The van der Waals surface area contributed by atoms with Gasteiger partial charge in [-0.1, -0.05) is 0 Å². The Hall–Kier alpha value is -1.07. The average molecular weight is 198 g/mol. The zero-order valence-electron chi connectivity index (χ0n) is 7.90. The summed E-state index contributed by atoms with van der Waals surface area (Å²) < 4.78 is 17.9. The normalized spacial score (nSPS) is 8.57. The van der Waals surface area contributed by atoms with Crippen molar-refractivity contribution in [1.29, 1.82) is 0 Å². The molecule has 0 atom stereocenters. The molecular weight excluding hydrogens is 186 g/mol. The van der Waals surface area contributed by atoms with Crippen LogP contribution in [0.25, 0.3) is 0 Å². The van der Waals surface area contributed by atoms with E-state index in [1.165, 1.54) is 12.1 Å². The Morgan fingerprint density at radius 3 is 2.50 bits per heavy atom. The van der Waals surface area contributed by atoms with E-state index in [2.05, 4.69) is 0 Å². The number of hydrogen-bond donors (Lipinski definition) is 0. The molecule has 1 aromatic carbocycles. The van der Waals surface area contributed by atoms with Gasteiger partial charge in [0.1, 0.15) is 0 Å². The molecule has 3 nitrogen and oxygen atoms in total. The summed E-state index contributed by atoms with van der Waals surface area (Å²) in [5.74, 6) is 0.217. The first kappa shape index (κ1) is 15.4. The summed E-state index contributed by atoms with van der Waals surface area (Å²) in [6.07, 6.45) is 0.928. The molecule has 0 aromatic heterocycles. The first-order valence-electron chi connectivity index (χ1n) is 3.92. The van der Waals surface area contributed by atoms with Crippen LogP contribution in [-0.4, -0.2) is 25.4 Å². The standard InChI is InChI=1S/C9H10BFO.2H2O/c1-2-5-12-7-3-4-9(11)8(10)6-7;;/h3-4,6H,2,5H2,1H3;2*1H2/q+2;;/p-2. The van der Waals surface area contributed by atoms with Gasteiger partial charge in [-0.2, -0.15) is 0 Å². The van der Waals surface area contributed by atoms with Crippen molar-refractivity contribution in [1.82, 2.24) is 0 Å². The van der Waals surface area contributed by atoms with Crippen molar-refractivity contribution in [3.8, 4) is 5.75 Å². The number of benzene rings is 1. The van der Waals surface area contributed by atoms with Crippen molar-refractivity contribution in [2.45, 2.75) is 13.3 Å². The molecule has 0 radical (unpaired) electrons. The molecule has 0 aliphatic carbocycles. The molecular formula is C9H12BFO3. The Balaban J connectivity index is 0. The molecule has 0 unspecified atom stereocenters. The van der Waals surface area contributed by atoms with Gasteiger partial charge in [0.25, 0.3) is 0 Å². The van der Waals surface area contributed by atoms with Gasteiger partial charge in [0.2, 0.25) is 0 Å². The van der Waals surface area contributed by atoms with E-state index in [0.29, 0.717) is 12.4 Å². The fourth-order valence-corrected chi connectivity index (χ4v) is 0.832. The smallest absolute Gasteiger partial charge is 0.870 e. The molecule has 0 saturated carbocycles. The molecule has 5 heteroatoms. The minimum Gasteiger partial charge on any atom is -0.870 e. The van der Waals surface area contributed by atoms with Gasteiger partial charge in [0, 0.05) is 0 Å². The van der Waals surface area contributed by atoms with Crippen LogP contribution in [0, 0.1) is 5.82 Å². The van der Waals surface area contributed by atoms with Crippen LogP contribution >= 0.6 is 0 Å². The quantitative estimate of drug-likeness (QED) is 0.681. The molecule has 0 amide bonds. The van der Waals surface area contributed by atoms with E-state index in [1.54, 1.807) is 6.07 Å². The Morgan fingerprint density at radius 1 is 1.36 bits per heavy atom. The summed E-state index contributed by atoms with van der Waals surface area (Å²) >= 11 is 0. The van der Waals surface area contributed by atoms with Crippen LogP contribution in [0.3, 0.4) is 0 Å². The van der Waals surface area contributed by atoms with Crippen LogP contribution in [0.4, 0.5) is 4.39 Å². The zero-order valence-corrected chi connectivity index (χ0v) is 7.90. The van der Waals surface area contributed by atoms with E-state index in [1.807, 2.05) is 6.92 Å². The molecule has 2 N–H and O–H groups in total. The van der Waals surface area contributed by atoms with E-state index < -0.39 is 5.82 Å². The topological polar surface area (TPSA) is 69.2 Å². The second-order valence-corrected chi connectivity index (χ2v) is 2.53. The summed E-state index contributed by atoms with van der Waals surface area (Å²) in [7, 11) is 5.34. The molecule has 1 rings (SSSR count). The fraction of sp³-hybridized carbons (Fsp3) is 0.333. The maximum Gasteiger partial charge on any atom is -0.870 e. The van der Waals surface area contributed by atoms with Gasteiger partial charge in [-0.3, -0.25) is 0 Å². The van der Waals surface area contributed by atoms with Crippen molar-refractivity contribution in [3.05, 3.63) is 24.0 Å². The van der Waals surface area contributed by atoms with Crippen LogP contribution in [-0.2, 0) is 0 Å². The molecule has 14 heavy (non-hydrogen) atoms. The molecule has 1 aromatic rings. The predicted molar refractivity (Wildman–Crippen MR) is 51.4 cm³/mol. The van der Waals surface area contributed by atoms with E-state index in [0.717, 1.165) is 6.42 Å². The number of halogens is 1. The van der Waals surface area contributed by atoms with E-state index >= 15 is 0 Å². The average Bonchev–Trinajstić information content (AvgIpc) is 2.07. The van der Waals surface area contributed by atoms with Crippen LogP contribution in [0.5, 0.6) is 5.75 Å². The van der Waals surface area contributed by atoms with Crippen LogP contribution < -0.4 is 10.2 Å². The zero-order chi connectivity index (χ0) is 8.97. The van der Waals surface area contributed by atoms with Gasteiger partial charge in [0.05, 0.1) is 0 Å². The summed E-state index contributed by atoms with van der Waals surface area (Å²) in [4.78, 5) is 0. The Kier molecular flexibility index (Phi) is 8.09.